The summed E-state index contributed by atoms with van der Waals surface area (Å²) in [4.78, 5) is 19.0. The Labute approximate surface area is 155 Å². The average Bonchev–Trinajstić information content (AvgIpc) is 3.30. The molecule has 0 spiro atoms. The number of carbonyl (C=O) groups excluding carboxylic acids is 1. The lowest BCUT2D eigenvalue weighted by Gasteiger charge is -2.17. The van der Waals surface area contributed by atoms with Gasteiger partial charge >= 0.3 is 0 Å². The molecule has 0 N–H and O–H groups in total. The van der Waals surface area contributed by atoms with Crippen LogP contribution in [0.2, 0.25) is 0 Å². The van der Waals surface area contributed by atoms with Crippen molar-refractivity contribution in [1.82, 2.24) is 20.2 Å². The molecule has 0 saturated carbocycles. The zero-order valence-corrected chi connectivity index (χ0v) is 15.3. The van der Waals surface area contributed by atoms with Gasteiger partial charge in [-0.3, -0.25) is 4.79 Å². The second kappa shape index (κ2) is 7.19. The normalized spacial score (nSPS) is 11.3. The van der Waals surface area contributed by atoms with E-state index in [-0.39, 0.29) is 5.91 Å². The van der Waals surface area contributed by atoms with Crippen molar-refractivity contribution < 1.29 is 13.8 Å². The zero-order valence-electron chi connectivity index (χ0n) is 15.3. The van der Waals surface area contributed by atoms with Crippen molar-refractivity contribution in [1.29, 1.82) is 0 Å². The molecule has 1 amide bonds. The number of hydrogen-bond acceptors (Lipinski definition) is 6. The highest BCUT2D eigenvalue weighted by molar-refractivity contribution is 5.97. The minimum absolute atomic E-state index is 0.0756. The Morgan fingerprint density at radius 2 is 1.93 bits per heavy atom. The van der Waals surface area contributed by atoms with Gasteiger partial charge in [0, 0.05) is 25.6 Å². The van der Waals surface area contributed by atoms with Gasteiger partial charge in [-0.25, -0.2) is 9.61 Å². The fourth-order valence-electron chi connectivity index (χ4n) is 3.04. The summed E-state index contributed by atoms with van der Waals surface area (Å²) >= 11 is 0. The number of aromatic nitrogens is 3. The van der Waals surface area contributed by atoms with E-state index in [9.17, 15) is 4.79 Å². The first-order valence-electron chi connectivity index (χ1n) is 9.00. The number of benzene rings is 2. The van der Waals surface area contributed by atoms with E-state index in [1.165, 1.54) is 0 Å². The Morgan fingerprint density at radius 3 is 2.78 bits per heavy atom. The van der Waals surface area contributed by atoms with Crippen LogP contribution in [0.25, 0.3) is 22.1 Å². The fraction of sp³-hybridized carbons (Fsp3) is 0.300. The molecule has 2 aromatic heterocycles. The fourth-order valence-corrected chi connectivity index (χ4v) is 3.04. The molecule has 0 saturated heterocycles. The first-order chi connectivity index (χ1) is 13.1. The molecule has 0 atom stereocenters. The van der Waals surface area contributed by atoms with Crippen LogP contribution in [-0.4, -0.2) is 33.2 Å². The topological polar surface area (TPSA) is 85.3 Å². The van der Waals surface area contributed by atoms with Crippen LogP contribution in [0.4, 0.5) is 0 Å². The highest BCUT2D eigenvalue weighted by atomic mass is 16.6. The van der Waals surface area contributed by atoms with Gasteiger partial charge in [0.05, 0.1) is 0 Å². The Hall–Kier alpha value is -3.22. The smallest absolute Gasteiger partial charge is 0.253 e. The first-order valence-corrected chi connectivity index (χ1v) is 9.00. The van der Waals surface area contributed by atoms with Crippen molar-refractivity contribution in [3.8, 4) is 0 Å². The van der Waals surface area contributed by atoms with Crippen LogP contribution in [0.5, 0.6) is 0 Å². The van der Waals surface area contributed by atoms with E-state index in [2.05, 4.69) is 22.2 Å². The summed E-state index contributed by atoms with van der Waals surface area (Å²) in [5.41, 5.74) is 4.35. The summed E-state index contributed by atoms with van der Waals surface area (Å²) in [5, 5.41) is 7.63. The van der Waals surface area contributed by atoms with Crippen LogP contribution >= 0.6 is 0 Å². The molecule has 0 aliphatic heterocycles. The molecule has 0 unspecified atom stereocenters. The summed E-state index contributed by atoms with van der Waals surface area (Å²) in [6.45, 7) is 2.59. The maximum atomic E-state index is 12.8. The molecule has 4 aromatic rings. The molecule has 0 aliphatic rings. The van der Waals surface area contributed by atoms with E-state index in [1.807, 2.05) is 24.3 Å². The molecule has 138 valence electrons. The van der Waals surface area contributed by atoms with Crippen molar-refractivity contribution in [2.75, 3.05) is 7.05 Å². The Balaban J connectivity index is 1.51. The molecule has 27 heavy (non-hydrogen) atoms. The van der Waals surface area contributed by atoms with E-state index in [0.29, 0.717) is 28.7 Å². The van der Waals surface area contributed by atoms with E-state index < -0.39 is 0 Å². The highest BCUT2D eigenvalue weighted by Crippen LogP contribution is 2.20. The van der Waals surface area contributed by atoms with Gasteiger partial charge in [-0.15, -0.1) is 0 Å². The molecular formula is C20H20N4O3. The van der Waals surface area contributed by atoms with Gasteiger partial charge in [0.25, 0.3) is 5.91 Å². The van der Waals surface area contributed by atoms with Crippen LogP contribution in [0.15, 0.2) is 45.4 Å². The molecule has 0 fully saturated rings. The monoisotopic (exact) mass is 364 g/mol. The van der Waals surface area contributed by atoms with Gasteiger partial charge in [0.15, 0.2) is 11.5 Å². The van der Waals surface area contributed by atoms with Crippen molar-refractivity contribution in [3.63, 3.8) is 0 Å². The van der Waals surface area contributed by atoms with Crippen LogP contribution in [0.1, 0.15) is 41.6 Å². The average molecular weight is 364 g/mol. The van der Waals surface area contributed by atoms with Crippen LogP contribution in [-0.2, 0) is 13.0 Å². The van der Waals surface area contributed by atoms with Crippen molar-refractivity contribution in [2.45, 2.75) is 32.7 Å². The largest absolute Gasteiger partial charge is 0.441 e. The van der Waals surface area contributed by atoms with Gasteiger partial charge in [-0.05, 0) is 52.6 Å². The van der Waals surface area contributed by atoms with E-state index >= 15 is 0 Å². The molecule has 0 radical (unpaired) electrons. The summed E-state index contributed by atoms with van der Waals surface area (Å²) in [7, 11) is 1.77. The molecule has 2 heterocycles. The Kier molecular flexibility index (Phi) is 4.58. The molecular weight excluding hydrogens is 344 g/mol. The van der Waals surface area contributed by atoms with Crippen LogP contribution in [0.3, 0.4) is 0 Å². The van der Waals surface area contributed by atoms with E-state index in [0.717, 1.165) is 36.2 Å². The molecule has 7 nitrogen and oxygen atoms in total. The highest BCUT2D eigenvalue weighted by Gasteiger charge is 2.15. The number of aryl methyl sites for hydroxylation is 1. The van der Waals surface area contributed by atoms with Crippen molar-refractivity contribution in [2.24, 2.45) is 0 Å². The van der Waals surface area contributed by atoms with Crippen LogP contribution < -0.4 is 0 Å². The lowest BCUT2D eigenvalue weighted by molar-refractivity contribution is 0.0785. The van der Waals surface area contributed by atoms with Gasteiger partial charge in [0.1, 0.15) is 16.6 Å². The Bertz CT molecular complexity index is 1100. The van der Waals surface area contributed by atoms with Gasteiger partial charge in [-0.2, -0.15) is 0 Å². The minimum Gasteiger partial charge on any atom is -0.441 e. The van der Waals surface area contributed by atoms with Crippen molar-refractivity contribution >= 4 is 28.0 Å². The molecule has 0 aliphatic carbocycles. The van der Waals surface area contributed by atoms with Gasteiger partial charge < -0.3 is 9.32 Å². The van der Waals surface area contributed by atoms with E-state index in [1.54, 1.807) is 24.1 Å². The van der Waals surface area contributed by atoms with E-state index in [4.69, 9.17) is 9.05 Å². The molecule has 2 aromatic carbocycles. The summed E-state index contributed by atoms with van der Waals surface area (Å²) in [6, 6.07) is 11.0. The number of rotatable bonds is 6. The van der Waals surface area contributed by atoms with Gasteiger partial charge in [0.2, 0.25) is 0 Å². The second-order valence-corrected chi connectivity index (χ2v) is 6.64. The number of hydrogen-bond donors (Lipinski definition) is 0. The summed E-state index contributed by atoms with van der Waals surface area (Å²) in [5.74, 6) is 0.646. The maximum Gasteiger partial charge on any atom is 0.253 e. The molecule has 7 heteroatoms. The standard InChI is InChI=1S/C20H20N4O3/c1-3-4-5-19-21-17-11-14(7-9-18(17)26-19)20(25)24(2)12-13-6-8-15-16(10-13)23-27-22-15/h6-11H,3-5,12H2,1-2H3. The lowest BCUT2D eigenvalue weighted by Crippen LogP contribution is -2.26. The number of carbonyl (C=O) groups is 1. The lowest BCUT2D eigenvalue weighted by atomic mass is 10.1. The quantitative estimate of drug-likeness (QED) is 0.514. The number of fused-ring (bicyclic) bond motifs is 2. The third kappa shape index (κ3) is 3.53. The Morgan fingerprint density at radius 1 is 1.07 bits per heavy atom. The summed E-state index contributed by atoms with van der Waals surface area (Å²) in [6.07, 6.45) is 2.93. The number of nitrogens with zero attached hydrogens (tertiary/aromatic N) is 4. The maximum absolute atomic E-state index is 12.8. The number of oxazole rings is 1. The molecule has 0 bridgehead atoms. The second-order valence-electron chi connectivity index (χ2n) is 6.64. The predicted octanol–water partition coefficient (Wildman–Crippen LogP) is 3.98. The number of amides is 1. The summed E-state index contributed by atoms with van der Waals surface area (Å²) < 4.78 is 10.4. The van der Waals surface area contributed by atoms with Crippen LogP contribution in [0, 0.1) is 0 Å². The zero-order chi connectivity index (χ0) is 18.8. The number of unbranched alkanes of at least 4 members (excludes halogenated alkanes) is 1. The van der Waals surface area contributed by atoms with Crippen molar-refractivity contribution in [3.05, 3.63) is 53.4 Å². The third-order valence-corrected chi connectivity index (χ3v) is 4.51. The minimum atomic E-state index is -0.0756. The first kappa shape index (κ1) is 17.2. The molecule has 4 rings (SSSR count). The van der Waals surface area contributed by atoms with Gasteiger partial charge in [-0.1, -0.05) is 19.4 Å². The predicted molar refractivity (Wildman–Crippen MR) is 100 cm³/mol. The third-order valence-electron chi connectivity index (χ3n) is 4.51. The SMILES string of the molecule is CCCCc1nc2cc(C(=O)N(C)Cc3ccc4nonc4c3)ccc2o1.